The van der Waals surface area contributed by atoms with E-state index in [0.29, 0.717) is 0 Å². The van der Waals surface area contributed by atoms with E-state index in [1.807, 2.05) is 0 Å². The number of benzene rings is 1. The molecule has 1 heterocycles. The van der Waals surface area contributed by atoms with E-state index in [2.05, 4.69) is 26.3 Å². The maximum absolute atomic E-state index is 12.0. The number of nitrogens with one attached hydrogen (secondary N) is 1. The van der Waals surface area contributed by atoms with Crippen LogP contribution in [0.1, 0.15) is 0 Å². The molecule has 1 aromatic heterocycles. The van der Waals surface area contributed by atoms with Gasteiger partial charge in [-0.15, -0.1) is 0 Å². The highest BCUT2D eigenvalue weighted by molar-refractivity contribution is 9.10. The zero-order chi connectivity index (χ0) is 17.1. The predicted molar refractivity (Wildman–Crippen MR) is 83.2 cm³/mol. The zero-order valence-electron chi connectivity index (χ0n) is 11.7. The zero-order valence-corrected chi connectivity index (χ0v) is 13.3. The van der Waals surface area contributed by atoms with Gasteiger partial charge < -0.3 is 5.32 Å². The van der Waals surface area contributed by atoms with Crippen LogP contribution in [0.3, 0.4) is 0 Å². The molecule has 1 amide bonds. The van der Waals surface area contributed by atoms with Crippen LogP contribution in [-0.2, 0) is 18.4 Å². The molecule has 120 valence electrons. The molecule has 0 aliphatic rings. The number of carbonyl (C=O) groups is 1. The first-order valence-electron chi connectivity index (χ1n) is 6.18. The van der Waals surface area contributed by atoms with Crippen LogP contribution in [-0.4, -0.2) is 25.2 Å². The fraction of sp³-hybridized carbons (Fsp3) is 0.167. The number of hydrogen-bond donors (Lipinski definition) is 1. The van der Waals surface area contributed by atoms with Crippen LogP contribution >= 0.6 is 15.9 Å². The monoisotopic (exact) mass is 383 g/mol. The molecule has 0 saturated heterocycles. The van der Waals surface area contributed by atoms with Crippen LogP contribution in [0, 0.1) is 10.1 Å². The van der Waals surface area contributed by atoms with Gasteiger partial charge in [-0.25, -0.2) is 9.48 Å². The van der Waals surface area contributed by atoms with Gasteiger partial charge in [-0.05, 0) is 22.0 Å². The number of para-hydroxylation sites is 2. The Morgan fingerprint density at radius 1 is 1.39 bits per heavy atom. The molecule has 0 aliphatic heterocycles. The van der Waals surface area contributed by atoms with E-state index >= 15 is 0 Å². The van der Waals surface area contributed by atoms with Crippen molar-refractivity contribution in [3.8, 4) is 0 Å². The Kier molecular flexibility index (Phi) is 4.69. The van der Waals surface area contributed by atoms with Crippen molar-refractivity contribution in [2.75, 3.05) is 5.32 Å². The highest BCUT2D eigenvalue weighted by Gasteiger charge is 2.16. The molecule has 0 fully saturated rings. The smallest absolute Gasteiger partial charge is 0.319 e. The van der Waals surface area contributed by atoms with Crippen molar-refractivity contribution in [3.05, 3.63) is 59.8 Å². The van der Waals surface area contributed by atoms with Crippen LogP contribution in [0.2, 0.25) is 0 Å². The summed E-state index contributed by atoms with van der Waals surface area (Å²) >= 11 is 2.89. The van der Waals surface area contributed by atoms with Crippen molar-refractivity contribution in [2.45, 2.75) is 6.54 Å². The first-order chi connectivity index (χ1) is 10.8. The minimum absolute atomic E-state index is 0.000523. The minimum Gasteiger partial charge on any atom is -0.319 e. The summed E-state index contributed by atoms with van der Waals surface area (Å²) in [5, 5.41) is 16.9. The van der Waals surface area contributed by atoms with E-state index in [1.165, 1.54) is 31.3 Å². The fourth-order valence-electron chi connectivity index (χ4n) is 1.76. The van der Waals surface area contributed by atoms with Crippen LogP contribution in [0.4, 0.5) is 11.4 Å². The predicted octanol–water partition coefficient (Wildman–Crippen LogP) is 0.251. The van der Waals surface area contributed by atoms with Crippen molar-refractivity contribution >= 4 is 33.2 Å². The third-order valence-corrected chi connectivity index (χ3v) is 3.36. The Labute approximate surface area is 136 Å². The summed E-state index contributed by atoms with van der Waals surface area (Å²) in [7, 11) is 1.24. The van der Waals surface area contributed by atoms with Crippen LogP contribution in [0.25, 0.3) is 0 Å². The average molecular weight is 384 g/mol. The minimum atomic E-state index is -0.782. The standard InChI is InChI=1S/C12H10BrN5O5/c1-16-11(20)10(13)15-17(12(16)21)6-9(19)14-7-4-2-3-5-8(7)18(22)23/h2-5H,6H2,1H3,(H,14,19). The van der Waals surface area contributed by atoms with E-state index in [-0.39, 0.29) is 16.0 Å². The van der Waals surface area contributed by atoms with E-state index in [1.54, 1.807) is 0 Å². The molecule has 1 N–H and O–H groups in total. The van der Waals surface area contributed by atoms with Gasteiger partial charge in [-0.1, -0.05) is 12.1 Å². The number of amides is 1. The molecule has 2 aromatic rings. The number of nitro benzene ring substituents is 1. The van der Waals surface area contributed by atoms with Gasteiger partial charge in [0.15, 0.2) is 4.60 Å². The molecule has 11 heteroatoms. The highest BCUT2D eigenvalue weighted by atomic mass is 79.9. The maximum atomic E-state index is 12.0. The van der Waals surface area contributed by atoms with Crippen molar-refractivity contribution < 1.29 is 9.72 Å². The van der Waals surface area contributed by atoms with Gasteiger partial charge in [0.05, 0.1) is 4.92 Å². The third-order valence-electron chi connectivity index (χ3n) is 2.87. The Balaban J connectivity index is 2.27. The van der Waals surface area contributed by atoms with Gasteiger partial charge in [0.2, 0.25) is 5.91 Å². The Hall–Kier alpha value is -2.82. The topological polar surface area (TPSA) is 129 Å². The summed E-state index contributed by atoms with van der Waals surface area (Å²) in [6.07, 6.45) is 0. The fourth-order valence-corrected chi connectivity index (χ4v) is 2.21. The lowest BCUT2D eigenvalue weighted by molar-refractivity contribution is -0.383. The summed E-state index contributed by atoms with van der Waals surface area (Å²) in [5.74, 6) is -0.695. The van der Waals surface area contributed by atoms with Gasteiger partial charge in [-0.3, -0.25) is 24.3 Å². The van der Waals surface area contributed by atoms with Crippen LogP contribution in [0.15, 0.2) is 38.5 Å². The summed E-state index contributed by atoms with van der Waals surface area (Å²) in [5.41, 5.74) is -1.69. The second-order valence-corrected chi connectivity index (χ2v) is 5.17. The molecule has 0 aliphatic carbocycles. The molecule has 23 heavy (non-hydrogen) atoms. The van der Waals surface area contributed by atoms with E-state index < -0.39 is 28.6 Å². The van der Waals surface area contributed by atoms with Gasteiger partial charge >= 0.3 is 5.69 Å². The number of halogens is 1. The lowest BCUT2D eigenvalue weighted by atomic mass is 10.2. The average Bonchev–Trinajstić information content (AvgIpc) is 2.50. The first kappa shape index (κ1) is 16.5. The van der Waals surface area contributed by atoms with E-state index in [4.69, 9.17) is 0 Å². The van der Waals surface area contributed by atoms with E-state index in [9.17, 15) is 24.5 Å². The lowest BCUT2D eigenvalue weighted by Crippen LogP contribution is -2.42. The number of rotatable bonds is 4. The van der Waals surface area contributed by atoms with E-state index in [0.717, 1.165) is 9.25 Å². The van der Waals surface area contributed by atoms with Gasteiger partial charge in [0.1, 0.15) is 12.2 Å². The molecular weight excluding hydrogens is 374 g/mol. The lowest BCUT2D eigenvalue weighted by Gasteiger charge is -2.08. The molecule has 2 rings (SSSR count). The second kappa shape index (κ2) is 6.52. The van der Waals surface area contributed by atoms with Crippen molar-refractivity contribution in [3.63, 3.8) is 0 Å². The van der Waals surface area contributed by atoms with Crippen molar-refractivity contribution in [1.29, 1.82) is 0 Å². The number of carbonyl (C=O) groups excluding carboxylic acids is 1. The number of hydrogen-bond acceptors (Lipinski definition) is 6. The first-order valence-corrected chi connectivity index (χ1v) is 6.97. The molecule has 0 unspecified atom stereocenters. The van der Waals surface area contributed by atoms with Crippen molar-refractivity contribution in [1.82, 2.24) is 14.3 Å². The van der Waals surface area contributed by atoms with Gasteiger partial charge in [-0.2, -0.15) is 5.10 Å². The normalized spacial score (nSPS) is 10.3. The molecule has 0 bridgehead atoms. The summed E-state index contributed by atoms with van der Waals surface area (Å²) in [6.45, 7) is -0.502. The van der Waals surface area contributed by atoms with Gasteiger partial charge in [0.25, 0.3) is 11.2 Å². The molecular formula is C12H10BrN5O5. The largest absolute Gasteiger partial charge is 0.347 e. The molecule has 1 aromatic carbocycles. The maximum Gasteiger partial charge on any atom is 0.347 e. The van der Waals surface area contributed by atoms with Crippen LogP contribution < -0.4 is 16.6 Å². The molecule has 0 atom stereocenters. The highest BCUT2D eigenvalue weighted by Crippen LogP contribution is 2.22. The molecule has 10 nitrogen and oxygen atoms in total. The Bertz CT molecular complexity index is 903. The third kappa shape index (κ3) is 3.51. The molecule has 0 radical (unpaired) electrons. The Morgan fingerprint density at radius 3 is 2.70 bits per heavy atom. The number of nitrogens with zero attached hydrogens (tertiary/aromatic N) is 4. The number of anilines is 1. The van der Waals surface area contributed by atoms with Crippen molar-refractivity contribution in [2.24, 2.45) is 7.05 Å². The second-order valence-electron chi connectivity index (χ2n) is 4.42. The Morgan fingerprint density at radius 2 is 2.04 bits per heavy atom. The van der Waals surface area contributed by atoms with Crippen LogP contribution in [0.5, 0.6) is 0 Å². The SMILES string of the molecule is Cn1c(=O)c(Br)nn(CC(=O)Nc2ccccc2[N+](=O)[O-])c1=O. The number of aromatic nitrogens is 3. The summed E-state index contributed by atoms with van der Waals surface area (Å²) in [4.78, 5) is 45.6. The molecule has 0 saturated carbocycles. The quantitative estimate of drug-likeness (QED) is 0.594. The molecule has 0 spiro atoms. The van der Waals surface area contributed by atoms with Gasteiger partial charge in [0, 0.05) is 13.1 Å². The summed E-state index contributed by atoms with van der Waals surface area (Å²) in [6, 6.07) is 5.59. The summed E-state index contributed by atoms with van der Waals surface area (Å²) < 4.78 is 1.43. The number of nitro groups is 1.